The third kappa shape index (κ3) is 4.86. The van der Waals surface area contributed by atoms with Crippen LogP contribution >= 0.6 is 34.5 Å². The molecule has 3 aromatic rings. The molecule has 0 radical (unpaired) electrons. The van der Waals surface area contributed by atoms with Crippen molar-refractivity contribution in [2.75, 3.05) is 12.4 Å². The van der Waals surface area contributed by atoms with E-state index in [0.717, 1.165) is 21.2 Å². The second kappa shape index (κ2) is 8.54. The van der Waals surface area contributed by atoms with Crippen molar-refractivity contribution in [3.63, 3.8) is 0 Å². The van der Waals surface area contributed by atoms with Gasteiger partial charge in [0.25, 0.3) is 15.9 Å². The summed E-state index contributed by atoms with van der Waals surface area (Å²) < 4.78 is 26.3. The van der Waals surface area contributed by atoms with Crippen LogP contribution in [0.1, 0.15) is 15.9 Å². The fraction of sp³-hybridized carbons (Fsp3) is 0.118. The zero-order valence-electron chi connectivity index (χ0n) is 14.5. The highest BCUT2D eigenvalue weighted by Crippen LogP contribution is 2.24. The standard InChI is InChI=1S/C17H14Cl2N4O3S2/c1-23(10-11-2-6-13(18)7-3-11)28(25,26)17-22-21-16(27-17)20-15(24)12-4-8-14(19)9-5-12/h2-9H,10H2,1H3,(H,20,21,24). The Kier molecular flexibility index (Phi) is 6.31. The predicted octanol–water partition coefficient (Wildman–Crippen LogP) is 3.92. The van der Waals surface area contributed by atoms with Gasteiger partial charge in [0.15, 0.2) is 0 Å². The predicted molar refractivity (Wildman–Crippen MR) is 109 cm³/mol. The number of carbonyl (C=O) groups is 1. The number of halogens is 2. The summed E-state index contributed by atoms with van der Waals surface area (Å²) in [6.07, 6.45) is 0. The van der Waals surface area contributed by atoms with Gasteiger partial charge in [-0.15, -0.1) is 10.2 Å². The topological polar surface area (TPSA) is 92.3 Å². The maximum absolute atomic E-state index is 12.7. The minimum absolute atomic E-state index is 0.0819. The second-order valence-electron chi connectivity index (χ2n) is 5.72. The van der Waals surface area contributed by atoms with Crippen LogP contribution < -0.4 is 5.32 Å². The van der Waals surface area contributed by atoms with Crippen molar-refractivity contribution in [3.05, 3.63) is 69.7 Å². The molecule has 2 aromatic carbocycles. The van der Waals surface area contributed by atoms with Crippen molar-refractivity contribution < 1.29 is 13.2 Å². The first-order chi connectivity index (χ1) is 13.3. The molecule has 146 valence electrons. The monoisotopic (exact) mass is 456 g/mol. The fourth-order valence-electron chi connectivity index (χ4n) is 2.20. The summed E-state index contributed by atoms with van der Waals surface area (Å²) in [6, 6.07) is 13.1. The Hall–Kier alpha value is -2.04. The van der Waals surface area contributed by atoms with Crippen molar-refractivity contribution >= 4 is 55.6 Å². The highest BCUT2D eigenvalue weighted by Gasteiger charge is 2.26. The average Bonchev–Trinajstić information content (AvgIpc) is 3.13. The van der Waals surface area contributed by atoms with Gasteiger partial charge in [0.05, 0.1) is 0 Å². The number of benzene rings is 2. The molecule has 7 nitrogen and oxygen atoms in total. The molecule has 0 unspecified atom stereocenters. The number of hydrogen-bond donors (Lipinski definition) is 1. The molecule has 1 amide bonds. The second-order valence-corrected chi connectivity index (χ2v) is 9.79. The number of aromatic nitrogens is 2. The van der Waals surface area contributed by atoms with Gasteiger partial charge in [-0.25, -0.2) is 8.42 Å². The van der Waals surface area contributed by atoms with E-state index in [2.05, 4.69) is 15.5 Å². The van der Waals surface area contributed by atoms with Crippen molar-refractivity contribution in [2.24, 2.45) is 0 Å². The van der Waals surface area contributed by atoms with Crippen LogP contribution in [0, 0.1) is 0 Å². The van der Waals surface area contributed by atoms with Crippen LogP contribution in [0.5, 0.6) is 0 Å². The number of nitrogens with one attached hydrogen (secondary N) is 1. The molecule has 3 rings (SSSR count). The lowest BCUT2D eigenvalue weighted by atomic mass is 10.2. The molecule has 0 fully saturated rings. The van der Waals surface area contributed by atoms with Gasteiger partial charge in [0.1, 0.15) is 0 Å². The highest BCUT2D eigenvalue weighted by atomic mass is 35.5. The molecule has 11 heteroatoms. The van der Waals surface area contributed by atoms with Crippen LogP contribution in [-0.2, 0) is 16.6 Å². The molecule has 1 N–H and O–H groups in total. The van der Waals surface area contributed by atoms with E-state index in [1.807, 2.05) is 0 Å². The first-order valence-electron chi connectivity index (χ1n) is 7.87. The van der Waals surface area contributed by atoms with Crippen molar-refractivity contribution in [1.29, 1.82) is 0 Å². The number of hydrogen-bond acceptors (Lipinski definition) is 6. The molecule has 0 saturated carbocycles. The van der Waals surface area contributed by atoms with E-state index in [-0.39, 0.29) is 16.0 Å². The lowest BCUT2D eigenvalue weighted by molar-refractivity contribution is 0.102. The number of nitrogens with zero attached hydrogens (tertiary/aromatic N) is 3. The molecule has 0 aliphatic heterocycles. The molecule has 0 spiro atoms. The molecule has 1 aromatic heterocycles. The Bertz CT molecular complexity index is 1080. The molecular formula is C17H14Cl2N4O3S2. The Labute approximate surface area is 176 Å². The third-order valence-corrected chi connectivity index (χ3v) is 7.17. The van der Waals surface area contributed by atoms with Crippen LogP contribution in [0.3, 0.4) is 0 Å². The minimum Gasteiger partial charge on any atom is -0.296 e. The molecule has 0 aliphatic carbocycles. The normalized spacial score (nSPS) is 11.6. The van der Waals surface area contributed by atoms with E-state index in [1.165, 1.54) is 7.05 Å². The van der Waals surface area contributed by atoms with Gasteiger partial charge in [0, 0.05) is 29.2 Å². The summed E-state index contributed by atoms with van der Waals surface area (Å²) in [5.41, 5.74) is 1.14. The Morgan fingerprint density at radius 3 is 2.21 bits per heavy atom. The molecule has 1 heterocycles. The lowest BCUT2D eigenvalue weighted by Crippen LogP contribution is -2.26. The van der Waals surface area contributed by atoms with E-state index in [9.17, 15) is 13.2 Å². The highest BCUT2D eigenvalue weighted by molar-refractivity contribution is 7.91. The van der Waals surface area contributed by atoms with Crippen LogP contribution in [0.4, 0.5) is 5.13 Å². The van der Waals surface area contributed by atoms with Gasteiger partial charge in [-0.1, -0.05) is 46.7 Å². The van der Waals surface area contributed by atoms with E-state index in [4.69, 9.17) is 23.2 Å². The Morgan fingerprint density at radius 2 is 1.61 bits per heavy atom. The molecule has 0 bridgehead atoms. The lowest BCUT2D eigenvalue weighted by Gasteiger charge is -2.14. The molecular weight excluding hydrogens is 443 g/mol. The molecule has 0 saturated heterocycles. The fourth-order valence-corrected chi connectivity index (χ4v) is 4.69. The van der Waals surface area contributed by atoms with Gasteiger partial charge in [-0.3, -0.25) is 10.1 Å². The van der Waals surface area contributed by atoms with E-state index < -0.39 is 15.9 Å². The van der Waals surface area contributed by atoms with Gasteiger partial charge >= 0.3 is 0 Å². The minimum atomic E-state index is -3.86. The number of rotatable bonds is 6. The number of anilines is 1. The summed E-state index contributed by atoms with van der Waals surface area (Å²) >= 11 is 12.4. The van der Waals surface area contributed by atoms with Gasteiger partial charge < -0.3 is 0 Å². The quantitative estimate of drug-likeness (QED) is 0.567. The number of amides is 1. The summed E-state index contributed by atoms with van der Waals surface area (Å²) in [4.78, 5) is 12.2. The summed E-state index contributed by atoms with van der Waals surface area (Å²) in [5.74, 6) is -0.439. The van der Waals surface area contributed by atoms with Gasteiger partial charge in [-0.2, -0.15) is 4.31 Å². The first kappa shape index (κ1) is 20.7. The van der Waals surface area contributed by atoms with Crippen LogP contribution in [0.25, 0.3) is 0 Å². The van der Waals surface area contributed by atoms with Gasteiger partial charge in [0.2, 0.25) is 9.47 Å². The largest absolute Gasteiger partial charge is 0.296 e. The van der Waals surface area contributed by atoms with E-state index in [1.54, 1.807) is 48.5 Å². The maximum Gasteiger partial charge on any atom is 0.272 e. The number of carbonyl (C=O) groups excluding carboxylic acids is 1. The van der Waals surface area contributed by atoms with Crippen LogP contribution in [-0.4, -0.2) is 35.9 Å². The van der Waals surface area contributed by atoms with Crippen molar-refractivity contribution in [1.82, 2.24) is 14.5 Å². The molecule has 0 atom stereocenters. The first-order valence-corrected chi connectivity index (χ1v) is 10.9. The average molecular weight is 457 g/mol. The smallest absolute Gasteiger partial charge is 0.272 e. The summed E-state index contributed by atoms with van der Waals surface area (Å²) in [5, 5.41) is 11.1. The summed E-state index contributed by atoms with van der Waals surface area (Å²) in [7, 11) is -2.41. The van der Waals surface area contributed by atoms with Crippen molar-refractivity contribution in [2.45, 2.75) is 10.9 Å². The van der Waals surface area contributed by atoms with Gasteiger partial charge in [-0.05, 0) is 42.0 Å². The maximum atomic E-state index is 12.7. The van der Waals surface area contributed by atoms with E-state index >= 15 is 0 Å². The zero-order valence-corrected chi connectivity index (χ0v) is 17.6. The number of sulfonamides is 1. The Morgan fingerprint density at radius 1 is 1.04 bits per heavy atom. The summed E-state index contributed by atoms with van der Waals surface area (Å²) in [6.45, 7) is 0.144. The SMILES string of the molecule is CN(Cc1ccc(Cl)cc1)S(=O)(=O)c1nnc(NC(=O)c2ccc(Cl)cc2)s1. The third-order valence-electron chi connectivity index (χ3n) is 3.68. The zero-order chi connectivity index (χ0) is 20.3. The van der Waals surface area contributed by atoms with Crippen LogP contribution in [0.15, 0.2) is 52.9 Å². The molecule has 0 aliphatic rings. The van der Waals surface area contributed by atoms with E-state index in [0.29, 0.717) is 15.6 Å². The molecule has 28 heavy (non-hydrogen) atoms. The van der Waals surface area contributed by atoms with Crippen molar-refractivity contribution in [3.8, 4) is 0 Å². The van der Waals surface area contributed by atoms with Crippen LogP contribution in [0.2, 0.25) is 10.0 Å². The Balaban J connectivity index is 1.71.